The van der Waals surface area contributed by atoms with Crippen LogP contribution in [0.25, 0.3) is 0 Å². The number of benzene rings is 1. The van der Waals surface area contributed by atoms with Crippen LogP contribution in [0.1, 0.15) is 24.9 Å². The molecule has 0 saturated carbocycles. The molecule has 1 aromatic rings. The minimum atomic E-state index is -3.00. The van der Waals surface area contributed by atoms with Gasteiger partial charge in [-0.25, -0.2) is 13.2 Å². The average Bonchev–Trinajstić information content (AvgIpc) is 2.85. The van der Waals surface area contributed by atoms with E-state index in [4.69, 9.17) is 9.47 Å². The van der Waals surface area contributed by atoms with Gasteiger partial charge in [0.25, 0.3) is 0 Å². The summed E-state index contributed by atoms with van der Waals surface area (Å²) in [6, 6.07) is 4.63. The lowest BCUT2D eigenvalue weighted by molar-refractivity contribution is 0.171. The van der Waals surface area contributed by atoms with Gasteiger partial charge in [0.1, 0.15) is 13.2 Å². The molecule has 1 aromatic carbocycles. The zero-order chi connectivity index (χ0) is 16.4. The molecule has 0 aromatic heterocycles. The van der Waals surface area contributed by atoms with Gasteiger partial charge in [0.15, 0.2) is 21.3 Å². The van der Waals surface area contributed by atoms with Gasteiger partial charge in [-0.2, -0.15) is 0 Å². The van der Waals surface area contributed by atoms with E-state index in [0.717, 1.165) is 5.56 Å². The maximum Gasteiger partial charge on any atom is 0.315 e. The predicted molar refractivity (Wildman–Crippen MR) is 84.6 cm³/mol. The normalized spacial score (nSPS) is 23.1. The van der Waals surface area contributed by atoms with Crippen LogP contribution in [0.2, 0.25) is 0 Å². The van der Waals surface area contributed by atoms with Crippen molar-refractivity contribution in [1.82, 2.24) is 10.6 Å². The molecule has 0 aliphatic carbocycles. The first-order valence-electron chi connectivity index (χ1n) is 7.60. The van der Waals surface area contributed by atoms with Crippen molar-refractivity contribution < 1.29 is 22.7 Å². The average molecular weight is 340 g/mol. The van der Waals surface area contributed by atoms with Crippen molar-refractivity contribution in [3.63, 3.8) is 0 Å². The molecule has 1 fully saturated rings. The van der Waals surface area contributed by atoms with Crippen LogP contribution in [0.4, 0.5) is 4.79 Å². The molecular formula is C15H20N2O5S. The number of ether oxygens (including phenoxy) is 2. The number of sulfone groups is 1. The summed E-state index contributed by atoms with van der Waals surface area (Å²) in [6.45, 7) is 2.90. The zero-order valence-corrected chi connectivity index (χ0v) is 13.7. The summed E-state index contributed by atoms with van der Waals surface area (Å²) in [5.74, 6) is 1.52. The van der Waals surface area contributed by atoms with Crippen LogP contribution < -0.4 is 20.1 Å². The predicted octanol–water partition coefficient (Wildman–Crippen LogP) is 1.01. The van der Waals surface area contributed by atoms with Crippen LogP contribution in [0.15, 0.2) is 18.2 Å². The molecule has 0 bridgehead atoms. The number of carbonyl (C=O) groups excluding carboxylic acids is 1. The molecule has 0 radical (unpaired) electrons. The van der Waals surface area contributed by atoms with Crippen molar-refractivity contribution in [2.24, 2.45) is 0 Å². The molecule has 2 N–H and O–H groups in total. The molecule has 2 amide bonds. The summed E-state index contributed by atoms with van der Waals surface area (Å²) in [5, 5.41) is 5.53. The Labute approximate surface area is 135 Å². The summed E-state index contributed by atoms with van der Waals surface area (Å²) in [4.78, 5) is 12.0. The van der Waals surface area contributed by atoms with Crippen molar-refractivity contribution in [3.05, 3.63) is 23.8 Å². The first-order valence-corrected chi connectivity index (χ1v) is 9.42. The van der Waals surface area contributed by atoms with E-state index in [1.807, 2.05) is 25.1 Å². The minimum Gasteiger partial charge on any atom is -0.486 e. The lowest BCUT2D eigenvalue weighted by Gasteiger charge is -2.21. The van der Waals surface area contributed by atoms with Gasteiger partial charge in [0.2, 0.25) is 0 Å². The van der Waals surface area contributed by atoms with Crippen molar-refractivity contribution in [2.45, 2.75) is 25.4 Å². The van der Waals surface area contributed by atoms with Crippen molar-refractivity contribution in [3.8, 4) is 11.5 Å². The monoisotopic (exact) mass is 340 g/mol. The lowest BCUT2D eigenvalue weighted by Crippen LogP contribution is -2.43. The van der Waals surface area contributed by atoms with Crippen molar-refractivity contribution >= 4 is 15.9 Å². The molecule has 8 heteroatoms. The number of fused-ring (bicyclic) bond motifs is 1. The molecule has 2 atom stereocenters. The maximum absolute atomic E-state index is 12.0. The maximum atomic E-state index is 12.0. The number of amides is 2. The first kappa shape index (κ1) is 15.9. The third kappa shape index (κ3) is 3.87. The second-order valence-corrected chi connectivity index (χ2v) is 8.07. The van der Waals surface area contributed by atoms with Gasteiger partial charge in [-0.15, -0.1) is 0 Å². The summed E-state index contributed by atoms with van der Waals surface area (Å²) < 4.78 is 33.8. The topological polar surface area (TPSA) is 93.7 Å². The highest BCUT2D eigenvalue weighted by molar-refractivity contribution is 7.91. The molecule has 2 heterocycles. The molecule has 2 aliphatic rings. The number of hydrogen-bond acceptors (Lipinski definition) is 5. The second kappa shape index (κ2) is 6.27. The lowest BCUT2D eigenvalue weighted by atomic mass is 10.1. The smallest absolute Gasteiger partial charge is 0.315 e. The number of rotatable bonds is 3. The Morgan fingerprint density at radius 2 is 2.00 bits per heavy atom. The molecule has 23 heavy (non-hydrogen) atoms. The molecule has 0 spiro atoms. The van der Waals surface area contributed by atoms with Gasteiger partial charge < -0.3 is 20.1 Å². The fourth-order valence-electron chi connectivity index (χ4n) is 2.75. The Morgan fingerprint density at radius 3 is 2.70 bits per heavy atom. The largest absolute Gasteiger partial charge is 0.486 e. The quantitative estimate of drug-likeness (QED) is 0.856. The Balaban J connectivity index is 1.58. The molecule has 1 saturated heterocycles. The van der Waals surface area contributed by atoms with Gasteiger partial charge in [-0.05, 0) is 31.0 Å². The summed E-state index contributed by atoms with van der Waals surface area (Å²) in [7, 11) is -3.00. The standard InChI is InChI=1S/C15H20N2O5S/c1-10(11-2-3-13-14(8-11)22-6-5-21-13)16-15(18)17-12-4-7-23(19,20)9-12/h2-3,8,10,12H,4-7,9H2,1H3,(H2,16,17,18). The van der Waals surface area contributed by atoms with Gasteiger partial charge in [-0.1, -0.05) is 6.07 Å². The van der Waals surface area contributed by atoms with Crippen LogP contribution in [-0.2, 0) is 9.84 Å². The highest BCUT2D eigenvalue weighted by Crippen LogP contribution is 2.32. The number of nitrogens with one attached hydrogen (secondary N) is 2. The number of carbonyl (C=O) groups is 1. The Morgan fingerprint density at radius 1 is 1.26 bits per heavy atom. The molecule has 7 nitrogen and oxygen atoms in total. The number of urea groups is 1. The highest BCUT2D eigenvalue weighted by Gasteiger charge is 2.29. The van der Waals surface area contributed by atoms with Crippen molar-refractivity contribution in [2.75, 3.05) is 24.7 Å². The van der Waals surface area contributed by atoms with E-state index >= 15 is 0 Å². The Bertz CT molecular complexity index is 704. The molecule has 3 rings (SSSR count). The zero-order valence-electron chi connectivity index (χ0n) is 12.9. The number of hydrogen-bond donors (Lipinski definition) is 2. The van der Waals surface area contributed by atoms with Crippen LogP contribution >= 0.6 is 0 Å². The SMILES string of the molecule is CC(NC(=O)NC1CCS(=O)(=O)C1)c1ccc2c(c1)OCCO2. The molecule has 126 valence electrons. The van der Waals surface area contributed by atoms with E-state index in [9.17, 15) is 13.2 Å². The van der Waals surface area contributed by atoms with Gasteiger partial charge in [-0.3, -0.25) is 0 Å². The first-order chi connectivity index (χ1) is 10.9. The summed E-state index contributed by atoms with van der Waals surface area (Å²) in [6.07, 6.45) is 0.466. The molecule has 2 aliphatic heterocycles. The fourth-order valence-corrected chi connectivity index (χ4v) is 4.42. The summed E-state index contributed by atoms with van der Waals surface area (Å²) >= 11 is 0. The van der Waals surface area contributed by atoms with Crippen LogP contribution in [0.5, 0.6) is 11.5 Å². The fraction of sp³-hybridized carbons (Fsp3) is 0.533. The minimum absolute atomic E-state index is 0.0127. The van der Waals surface area contributed by atoms with E-state index in [1.54, 1.807) is 0 Å². The van der Waals surface area contributed by atoms with E-state index in [-0.39, 0.29) is 29.6 Å². The Hall–Kier alpha value is -1.96. The molecule has 2 unspecified atom stereocenters. The van der Waals surface area contributed by atoms with E-state index in [0.29, 0.717) is 31.1 Å². The van der Waals surface area contributed by atoms with Crippen LogP contribution in [-0.4, -0.2) is 45.2 Å². The molecular weight excluding hydrogens is 320 g/mol. The van der Waals surface area contributed by atoms with E-state index < -0.39 is 9.84 Å². The van der Waals surface area contributed by atoms with E-state index in [1.165, 1.54) is 0 Å². The van der Waals surface area contributed by atoms with Crippen molar-refractivity contribution in [1.29, 1.82) is 0 Å². The Kier molecular flexibility index (Phi) is 4.34. The van der Waals surface area contributed by atoms with E-state index in [2.05, 4.69) is 10.6 Å². The van der Waals surface area contributed by atoms with Crippen LogP contribution in [0.3, 0.4) is 0 Å². The third-order valence-corrected chi connectivity index (χ3v) is 5.75. The third-order valence-electron chi connectivity index (χ3n) is 3.98. The highest BCUT2D eigenvalue weighted by atomic mass is 32.2. The van der Waals surface area contributed by atoms with Gasteiger partial charge in [0.05, 0.1) is 17.5 Å². The van der Waals surface area contributed by atoms with Gasteiger partial charge >= 0.3 is 6.03 Å². The summed E-state index contributed by atoms with van der Waals surface area (Å²) in [5.41, 5.74) is 0.892. The van der Waals surface area contributed by atoms with Gasteiger partial charge in [0, 0.05) is 6.04 Å². The second-order valence-electron chi connectivity index (χ2n) is 5.84. The van der Waals surface area contributed by atoms with Crippen LogP contribution in [0, 0.1) is 0 Å².